The molecular weight excluding hydrogens is 452 g/mol. The van der Waals surface area contributed by atoms with Gasteiger partial charge in [-0.25, -0.2) is 9.79 Å². The van der Waals surface area contributed by atoms with Crippen molar-refractivity contribution < 1.29 is 18.4 Å². The standard InChI is InChI=1S/C30H20N2O4/c1-34-30(33)24-15-9-8-14-23(24)26-17-16-22(35-26)19-32-29-25(18-31)27(20-10-4-2-5-11-20)28(36-29)21-12-6-3-7-13-21/h2-17,19H,1H3/b32-19+. The third-order valence-corrected chi connectivity index (χ3v) is 5.63. The van der Waals surface area contributed by atoms with Gasteiger partial charge in [-0.1, -0.05) is 78.9 Å². The van der Waals surface area contributed by atoms with Gasteiger partial charge >= 0.3 is 5.97 Å². The summed E-state index contributed by atoms with van der Waals surface area (Å²) in [5, 5.41) is 10.0. The smallest absolute Gasteiger partial charge is 0.338 e. The van der Waals surface area contributed by atoms with Crippen LogP contribution in [-0.2, 0) is 4.74 Å². The zero-order valence-corrected chi connectivity index (χ0v) is 19.3. The molecule has 6 nitrogen and oxygen atoms in total. The molecule has 0 bridgehead atoms. The van der Waals surface area contributed by atoms with E-state index in [0.29, 0.717) is 39.5 Å². The van der Waals surface area contributed by atoms with Gasteiger partial charge in [-0.05, 0) is 23.8 Å². The number of hydrogen-bond acceptors (Lipinski definition) is 6. The van der Waals surface area contributed by atoms with Crippen molar-refractivity contribution in [2.45, 2.75) is 0 Å². The minimum atomic E-state index is -0.451. The van der Waals surface area contributed by atoms with Gasteiger partial charge in [0.1, 0.15) is 28.9 Å². The Labute approximate surface area is 207 Å². The summed E-state index contributed by atoms with van der Waals surface area (Å²) in [7, 11) is 1.34. The van der Waals surface area contributed by atoms with Crippen molar-refractivity contribution >= 4 is 18.1 Å². The molecule has 2 aromatic heterocycles. The molecule has 0 amide bonds. The first kappa shape index (κ1) is 22.6. The van der Waals surface area contributed by atoms with Crippen LogP contribution in [0.5, 0.6) is 0 Å². The number of methoxy groups -OCH3 is 1. The molecule has 0 fully saturated rings. The van der Waals surface area contributed by atoms with Crippen LogP contribution in [0, 0.1) is 11.3 Å². The molecule has 0 atom stereocenters. The first-order valence-corrected chi connectivity index (χ1v) is 11.2. The number of ether oxygens (including phenoxy) is 1. The zero-order valence-electron chi connectivity index (χ0n) is 19.3. The lowest BCUT2D eigenvalue weighted by Crippen LogP contribution is -2.02. The second kappa shape index (κ2) is 10.00. The lowest BCUT2D eigenvalue weighted by Gasteiger charge is -2.04. The Hall–Kier alpha value is -5.15. The highest BCUT2D eigenvalue weighted by Crippen LogP contribution is 2.42. The Kier molecular flexibility index (Phi) is 6.29. The van der Waals surface area contributed by atoms with Gasteiger partial charge in [0.05, 0.1) is 18.9 Å². The molecule has 6 heteroatoms. The van der Waals surface area contributed by atoms with E-state index in [1.165, 1.54) is 13.3 Å². The van der Waals surface area contributed by atoms with Crippen LogP contribution in [0.15, 0.2) is 111 Å². The van der Waals surface area contributed by atoms with Gasteiger partial charge in [0, 0.05) is 16.7 Å². The quantitative estimate of drug-likeness (QED) is 0.191. The zero-order chi connectivity index (χ0) is 24.9. The molecule has 0 aliphatic rings. The Balaban J connectivity index is 1.55. The van der Waals surface area contributed by atoms with Crippen LogP contribution in [-0.4, -0.2) is 19.3 Å². The number of carbonyl (C=O) groups excluding carboxylic acids is 1. The van der Waals surface area contributed by atoms with Crippen LogP contribution < -0.4 is 0 Å². The molecule has 3 aromatic carbocycles. The SMILES string of the molecule is COC(=O)c1ccccc1-c1ccc(/C=N/c2oc(-c3ccccc3)c(-c3ccccc3)c2C#N)o1. The highest BCUT2D eigenvalue weighted by Gasteiger charge is 2.22. The van der Waals surface area contributed by atoms with Gasteiger partial charge in [-0.2, -0.15) is 5.26 Å². The topological polar surface area (TPSA) is 88.7 Å². The third kappa shape index (κ3) is 4.33. The average molecular weight is 473 g/mol. The fraction of sp³-hybridized carbons (Fsp3) is 0.0333. The number of nitriles is 1. The van der Waals surface area contributed by atoms with Crippen LogP contribution in [0.1, 0.15) is 21.7 Å². The lowest BCUT2D eigenvalue weighted by atomic mass is 9.98. The molecule has 0 unspecified atom stereocenters. The number of rotatable bonds is 6. The molecular formula is C30H20N2O4. The fourth-order valence-corrected chi connectivity index (χ4v) is 3.96. The summed E-state index contributed by atoms with van der Waals surface area (Å²) in [4.78, 5) is 16.6. The lowest BCUT2D eigenvalue weighted by molar-refractivity contribution is 0.0601. The molecule has 0 saturated heterocycles. The second-order valence-corrected chi connectivity index (χ2v) is 7.83. The molecule has 0 spiro atoms. The molecule has 0 aliphatic carbocycles. The number of aliphatic imine (C=N–C) groups is 1. The number of esters is 1. The first-order chi connectivity index (χ1) is 17.7. The predicted molar refractivity (Wildman–Crippen MR) is 137 cm³/mol. The Morgan fingerprint density at radius 2 is 1.53 bits per heavy atom. The average Bonchev–Trinajstić information content (AvgIpc) is 3.57. The maximum atomic E-state index is 12.1. The number of furan rings is 2. The minimum absolute atomic E-state index is 0.183. The maximum absolute atomic E-state index is 12.1. The van der Waals surface area contributed by atoms with E-state index >= 15 is 0 Å². The summed E-state index contributed by atoms with van der Waals surface area (Å²) in [6, 6.07) is 32.0. The van der Waals surface area contributed by atoms with Gasteiger partial charge in [-0.15, -0.1) is 0 Å². The van der Waals surface area contributed by atoms with Crippen molar-refractivity contribution in [1.29, 1.82) is 5.26 Å². The molecule has 174 valence electrons. The van der Waals surface area contributed by atoms with E-state index < -0.39 is 5.97 Å². The van der Waals surface area contributed by atoms with Gasteiger partial charge in [0.25, 0.3) is 0 Å². The number of hydrogen-bond donors (Lipinski definition) is 0. The summed E-state index contributed by atoms with van der Waals surface area (Å²) in [5.41, 5.74) is 3.72. The van der Waals surface area contributed by atoms with Crippen LogP contribution >= 0.6 is 0 Å². The molecule has 5 rings (SSSR count). The summed E-state index contributed by atoms with van der Waals surface area (Å²) < 4.78 is 16.9. The van der Waals surface area contributed by atoms with E-state index in [0.717, 1.165) is 11.1 Å². The summed E-state index contributed by atoms with van der Waals surface area (Å²) in [5.74, 6) is 1.23. The van der Waals surface area contributed by atoms with Crippen molar-refractivity contribution in [2.75, 3.05) is 7.11 Å². The first-order valence-electron chi connectivity index (χ1n) is 11.2. The van der Waals surface area contributed by atoms with Crippen molar-refractivity contribution in [3.05, 3.63) is 114 Å². The summed E-state index contributed by atoms with van der Waals surface area (Å²) >= 11 is 0. The number of nitrogens with zero attached hydrogens (tertiary/aromatic N) is 2. The van der Waals surface area contributed by atoms with Crippen LogP contribution in [0.2, 0.25) is 0 Å². The monoisotopic (exact) mass is 472 g/mol. The minimum Gasteiger partial charge on any atom is -0.465 e. The van der Waals surface area contributed by atoms with Gasteiger partial charge in [-0.3, -0.25) is 0 Å². The van der Waals surface area contributed by atoms with Crippen molar-refractivity contribution in [3.63, 3.8) is 0 Å². The van der Waals surface area contributed by atoms with E-state index in [-0.39, 0.29) is 5.88 Å². The molecule has 2 heterocycles. The number of carbonyl (C=O) groups is 1. The Bertz CT molecular complexity index is 1590. The summed E-state index contributed by atoms with van der Waals surface area (Å²) in [6.45, 7) is 0. The van der Waals surface area contributed by atoms with Crippen LogP contribution in [0.3, 0.4) is 0 Å². The van der Waals surface area contributed by atoms with Gasteiger partial charge < -0.3 is 13.6 Å². The third-order valence-electron chi connectivity index (χ3n) is 5.63. The largest absolute Gasteiger partial charge is 0.465 e. The van der Waals surface area contributed by atoms with Crippen molar-refractivity contribution in [1.82, 2.24) is 0 Å². The second-order valence-electron chi connectivity index (χ2n) is 7.83. The highest BCUT2D eigenvalue weighted by molar-refractivity contribution is 5.96. The van der Waals surface area contributed by atoms with Gasteiger partial charge in [0.15, 0.2) is 0 Å². The number of benzene rings is 3. The van der Waals surface area contributed by atoms with E-state index in [9.17, 15) is 10.1 Å². The highest BCUT2D eigenvalue weighted by atomic mass is 16.5. The molecule has 5 aromatic rings. The maximum Gasteiger partial charge on any atom is 0.338 e. The van der Waals surface area contributed by atoms with E-state index in [2.05, 4.69) is 11.1 Å². The molecule has 0 aliphatic heterocycles. The van der Waals surface area contributed by atoms with E-state index in [1.54, 1.807) is 30.3 Å². The van der Waals surface area contributed by atoms with Crippen molar-refractivity contribution in [2.24, 2.45) is 4.99 Å². The van der Waals surface area contributed by atoms with E-state index in [1.807, 2.05) is 66.7 Å². The summed E-state index contributed by atoms with van der Waals surface area (Å²) in [6.07, 6.45) is 1.49. The molecule has 0 N–H and O–H groups in total. The van der Waals surface area contributed by atoms with Gasteiger partial charge in [0.2, 0.25) is 5.88 Å². The van der Waals surface area contributed by atoms with Crippen LogP contribution in [0.4, 0.5) is 5.88 Å². The predicted octanol–water partition coefficient (Wildman–Crippen LogP) is 7.28. The van der Waals surface area contributed by atoms with Crippen molar-refractivity contribution in [3.8, 4) is 39.8 Å². The Morgan fingerprint density at radius 1 is 0.861 bits per heavy atom. The molecule has 0 radical (unpaired) electrons. The van der Waals surface area contributed by atoms with Crippen LogP contribution in [0.25, 0.3) is 33.8 Å². The molecule has 36 heavy (non-hydrogen) atoms. The van der Waals surface area contributed by atoms with E-state index in [4.69, 9.17) is 13.6 Å². The molecule has 0 saturated carbocycles. The normalized spacial score (nSPS) is 10.9. The Morgan fingerprint density at radius 3 is 2.22 bits per heavy atom. The fourth-order valence-electron chi connectivity index (χ4n) is 3.96.